The van der Waals surface area contributed by atoms with Crippen LogP contribution in [0.2, 0.25) is 0 Å². The van der Waals surface area contributed by atoms with Crippen LogP contribution in [0.15, 0.2) is 72.4 Å². The molecule has 132 valence electrons. The van der Waals surface area contributed by atoms with Gasteiger partial charge in [0.1, 0.15) is 17.6 Å². The number of hydrogen-bond acceptors (Lipinski definition) is 5. The lowest BCUT2D eigenvalue weighted by Gasteiger charge is -2.17. The van der Waals surface area contributed by atoms with Crippen molar-refractivity contribution in [3.8, 4) is 5.75 Å². The molecule has 25 heavy (non-hydrogen) atoms. The fraction of sp³-hybridized carbons (Fsp3) is 0.250. The summed E-state index contributed by atoms with van der Waals surface area (Å²) < 4.78 is 10.4. The molecule has 2 aromatic carbocycles. The van der Waals surface area contributed by atoms with Crippen LogP contribution in [-0.4, -0.2) is 37.7 Å². The molecule has 5 nitrogen and oxygen atoms in total. The van der Waals surface area contributed by atoms with Gasteiger partial charge in [-0.1, -0.05) is 41.6 Å². The average molecular weight is 341 g/mol. The average Bonchev–Trinajstić information content (AvgIpc) is 2.68. The molecule has 2 aromatic rings. The van der Waals surface area contributed by atoms with Crippen LogP contribution in [0.5, 0.6) is 5.75 Å². The molecule has 0 radical (unpaired) electrons. The van der Waals surface area contributed by atoms with Crippen LogP contribution in [0.25, 0.3) is 0 Å². The third-order valence-corrected chi connectivity index (χ3v) is 3.66. The minimum atomic E-state index is -0.952. The SMILES string of the molecule is C=C[C@@H](O)/C(=N\O[C@H](COC)c1ccccc1)c1ccc(OC)cc1. The summed E-state index contributed by atoms with van der Waals surface area (Å²) in [5.41, 5.74) is 2.03. The lowest BCUT2D eigenvalue weighted by Crippen LogP contribution is -2.20. The Bertz CT molecular complexity index is 683. The van der Waals surface area contributed by atoms with Crippen molar-refractivity contribution < 1.29 is 19.4 Å². The molecule has 0 amide bonds. The maximum absolute atomic E-state index is 10.2. The van der Waals surface area contributed by atoms with Crippen molar-refractivity contribution in [2.45, 2.75) is 12.2 Å². The molecule has 0 saturated heterocycles. The fourth-order valence-corrected chi connectivity index (χ4v) is 2.28. The molecule has 0 saturated carbocycles. The van der Waals surface area contributed by atoms with Crippen LogP contribution in [0, 0.1) is 0 Å². The maximum Gasteiger partial charge on any atom is 0.175 e. The van der Waals surface area contributed by atoms with Crippen LogP contribution in [0.3, 0.4) is 0 Å². The third-order valence-electron chi connectivity index (χ3n) is 3.66. The van der Waals surface area contributed by atoms with E-state index in [1.165, 1.54) is 6.08 Å². The number of aliphatic hydroxyl groups excluding tert-OH is 1. The zero-order chi connectivity index (χ0) is 18.1. The molecule has 1 N–H and O–H groups in total. The van der Waals surface area contributed by atoms with Crippen LogP contribution < -0.4 is 4.74 Å². The van der Waals surface area contributed by atoms with Crippen molar-refractivity contribution in [1.29, 1.82) is 0 Å². The highest BCUT2D eigenvalue weighted by Gasteiger charge is 2.17. The number of hydrogen-bond donors (Lipinski definition) is 1. The van der Waals surface area contributed by atoms with Crippen molar-refractivity contribution in [2.75, 3.05) is 20.8 Å². The molecule has 0 unspecified atom stereocenters. The minimum absolute atomic E-state index is 0.341. The molecular formula is C20H23NO4. The Kier molecular flexibility index (Phi) is 7.19. The van der Waals surface area contributed by atoms with E-state index >= 15 is 0 Å². The van der Waals surface area contributed by atoms with Gasteiger partial charge in [-0.05, 0) is 29.8 Å². The lowest BCUT2D eigenvalue weighted by molar-refractivity contribution is -0.00143. The summed E-state index contributed by atoms with van der Waals surface area (Å²) >= 11 is 0. The van der Waals surface area contributed by atoms with E-state index in [0.717, 1.165) is 16.9 Å². The Morgan fingerprint density at radius 1 is 1.12 bits per heavy atom. The molecule has 0 aromatic heterocycles. The molecule has 0 heterocycles. The van der Waals surface area contributed by atoms with Gasteiger partial charge in [0.2, 0.25) is 0 Å². The first kappa shape index (κ1) is 18.7. The maximum atomic E-state index is 10.2. The van der Waals surface area contributed by atoms with Crippen LogP contribution in [0.4, 0.5) is 0 Å². The minimum Gasteiger partial charge on any atom is -0.497 e. The smallest absolute Gasteiger partial charge is 0.175 e. The van der Waals surface area contributed by atoms with E-state index in [4.69, 9.17) is 14.3 Å². The molecule has 0 aliphatic rings. The summed E-state index contributed by atoms with van der Waals surface area (Å²) in [6, 6.07) is 16.9. The van der Waals surface area contributed by atoms with Crippen LogP contribution in [-0.2, 0) is 9.57 Å². The number of nitrogens with zero attached hydrogens (tertiary/aromatic N) is 1. The Labute approximate surface area is 148 Å². The van der Waals surface area contributed by atoms with Gasteiger partial charge in [0.05, 0.1) is 13.7 Å². The lowest BCUT2D eigenvalue weighted by atomic mass is 10.1. The molecular weight excluding hydrogens is 318 g/mol. The van der Waals surface area contributed by atoms with Crippen molar-refractivity contribution >= 4 is 5.71 Å². The van der Waals surface area contributed by atoms with Gasteiger partial charge in [-0.15, -0.1) is 6.58 Å². The Morgan fingerprint density at radius 2 is 1.80 bits per heavy atom. The topological polar surface area (TPSA) is 60.3 Å². The second kappa shape index (κ2) is 9.61. The van der Waals surface area contributed by atoms with Gasteiger partial charge in [0, 0.05) is 12.7 Å². The van der Waals surface area contributed by atoms with Crippen molar-refractivity contribution in [3.63, 3.8) is 0 Å². The highest BCUT2D eigenvalue weighted by atomic mass is 16.6. The summed E-state index contributed by atoms with van der Waals surface area (Å²) in [5, 5.41) is 14.4. The summed E-state index contributed by atoms with van der Waals surface area (Å²) in [7, 11) is 3.20. The monoisotopic (exact) mass is 341 g/mol. The van der Waals surface area contributed by atoms with Gasteiger partial charge >= 0.3 is 0 Å². The van der Waals surface area contributed by atoms with E-state index in [2.05, 4.69) is 11.7 Å². The van der Waals surface area contributed by atoms with Crippen molar-refractivity contribution in [2.24, 2.45) is 5.16 Å². The normalized spacial score (nSPS) is 13.8. The first-order chi connectivity index (χ1) is 12.2. The van der Waals surface area contributed by atoms with E-state index in [0.29, 0.717) is 12.3 Å². The number of aliphatic hydroxyl groups is 1. The number of ether oxygens (including phenoxy) is 2. The Morgan fingerprint density at radius 3 is 2.36 bits per heavy atom. The number of rotatable bonds is 9. The molecule has 0 fully saturated rings. The summed E-state index contributed by atoms with van der Waals surface area (Å²) in [5.74, 6) is 0.721. The van der Waals surface area contributed by atoms with Crippen LogP contribution in [0.1, 0.15) is 17.2 Å². The van der Waals surface area contributed by atoms with E-state index < -0.39 is 6.10 Å². The summed E-state index contributed by atoms with van der Waals surface area (Å²) in [6.07, 6.45) is 0.0733. The fourth-order valence-electron chi connectivity index (χ4n) is 2.28. The third kappa shape index (κ3) is 5.17. The van der Waals surface area contributed by atoms with Gasteiger partial charge < -0.3 is 19.4 Å². The summed E-state index contributed by atoms with van der Waals surface area (Å²) in [6.45, 7) is 3.97. The Balaban J connectivity index is 2.27. The predicted molar refractivity (Wildman–Crippen MR) is 97.9 cm³/mol. The standard InChI is InChI=1S/C20H23NO4/c1-4-18(22)20(16-10-12-17(24-3)13-11-16)21-25-19(14-23-2)15-8-6-5-7-9-15/h4-13,18-19,22H,1,14H2,2-3H3/b21-20-/t18-,19-/m1/s1. The second-order valence-corrected chi connectivity index (χ2v) is 5.35. The van der Waals surface area contributed by atoms with E-state index in [1.54, 1.807) is 26.4 Å². The van der Waals surface area contributed by atoms with Crippen LogP contribution >= 0.6 is 0 Å². The first-order valence-corrected chi connectivity index (χ1v) is 7.92. The number of methoxy groups -OCH3 is 2. The molecule has 0 spiro atoms. The zero-order valence-electron chi connectivity index (χ0n) is 14.5. The number of benzene rings is 2. The molecule has 0 aliphatic carbocycles. The van der Waals surface area contributed by atoms with E-state index in [1.807, 2.05) is 42.5 Å². The molecule has 2 atom stereocenters. The highest BCUT2D eigenvalue weighted by Crippen LogP contribution is 2.20. The Hall–Kier alpha value is -2.63. The van der Waals surface area contributed by atoms with E-state index in [9.17, 15) is 5.11 Å². The first-order valence-electron chi connectivity index (χ1n) is 7.92. The van der Waals surface area contributed by atoms with Gasteiger partial charge in [0.15, 0.2) is 6.10 Å². The van der Waals surface area contributed by atoms with E-state index in [-0.39, 0.29) is 6.10 Å². The largest absolute Gasteiger partial charge is 0.497 e. The second-order valence-electron chi connectivity index (χ2n) is 5.35. The van der Waals surface area contributed by atoms with Gasteiger partial charge in [-0.2, -0.15) is 0 Å². The quantitative estimate of drug-likeness (QED) is 0.432. The van der Waals surface area contributed by atoms with Crippen molar-refractivity contribution in [1.82, 2.24) is 0 Å². The van der Waals surface area contributed by atoms with Gasteiger partial charge in [0.25, 0.3) is 0 Å². The molecule has 5 heteroatoms. The zero-order valence-corrected chi connectivity index (χ0v) is 14.5. The number of oxime groups is 1. The predicted octanol–water partition coefficient (Wildman–Crippen LogP) is 3.35. The molecule has 2 rings (SSSR count). The van der Waals surface area contributed by atoms with Crippen molar-refractivity contribution in [3.05, 3.63) is 78.4 Å². The molecule has 0 bridgehead atoms. The van der Waals surface area contributed by atoms with Gasteiger partial charge in [-0.25, -0.2) is 0 Å². The molecule has 0 aliphatic heterocycles. The highest BCUT2D eigenvalue weighted by molar-refractivity contribution is 6.04. The summed E-state index contributed by atoms with van der Waals surface area (Å²) in [4.78, 5) is 5.69. The van der Waals surface area contributed by atoms with Gasteiger partial charge in [-0.3, -0.25) is 0 Å².